The summed E-state index contributed by atoms with van der Waals surface area (Å²) in [4.78, 5) is 2.76. The molecule has 1 saturated carbocycles. The average Bonchev–Trinajstić information content (AvgIpc) is 3.26. The summed E-state index contributed by atoms with van der Waals surface area (Å²) in [7, 11) is 0. The van der Waals surface area contributed by atoms with Gasteiger partial charge in [-0.05, 0) is 36.7 Å². The van der Waals surface area contributed by atoms with E-state index in [0.29, 0.717) is 17.0 Å². The molecule has 0 spiro atoms. The van der Waals surface area contributed by atoms with Crippen LogP contribution in [0.3, 0.4) is 0 Å². The van der Waals surface area contributed by atoms with Crippen LogP contribution in [0.15, 0.2) is 30.3 Å². The zero-order valence-corrected chi connectivity index (χ0v) is 14.0. The molecule has 0 radical (unpaired) electrons. The number of piperazine rings is 1. The van der Waals surface area contributed by atoms with Crippen molar-refractivity contribution in [2.45, 2.75) is 58.7 Å². The molecule has 0 aromatic heterocycles. The Balaban J connectivity index is 1.80. The lowest BCUT2D eigenvalue weighted by Crippen LogP contribution is -2.66. The molecular formula is C19H30N2. The Hall–Kier alpha value is -0.860. The maximum absolute atomic E-state index is 3.85. The number of nitrogens with zero attached hydrogens (tertiary/aromatic N) is 1. The first-order valence-electron chi connectivity index (χ1n) is 8.42. The lowest BCUT2D eigenvalue weighted by molar-refractivity contribution is 0.00418. The minimum atomic E-state index is 0.319. The number of hydrogen-bond donors (Lipinski definition) is 1. The van der Waals surface area contributed by atoms with E-state index >= 15 is 0 Å². The van der Waals surface area contributed by atoms with Gasteiger partial charge in [0, 0.05) is 31.2 Å². The molecule has 1 saturated heterocycles. The molecule has 2 atom stereocenters. The second kappa shape index (κ2) is 5.40. The summed E-state index contributed by atoms with van der Waals surface area (Å²) in [6, 6.07) is 11.5. The minimum absolute atomic E-state index is 0.319. The fourth-order valence-electron chi connectivity index (χ4n) is 3.67. The van der Waals surface area contributed by atoms with E-state index < -0.39 is 0 Å². The van der Waals surface area contributed by atoms with Crippen LogP contribution in [-0.4, -0.2) is 29.6 Å². The topological polar surface area (TPSA) is 15.3 Å². The molecule has 1 heterocycles. The maximum Gasteiger partial charge on any atom is 0.0338 e. The Morgan fingerprint density at radius 2 is 1.86 bits per heavy atom. The Labute approximate surface area is 129 Å². The molecule has 3 rings (SSSR count). The van der Waals surface area contributed by atoms with Gasteiger partial charge in [0.2, 0.25) is 0 Å². The molecule has 2 aliphatic rings. The van der Waals surface area contributed by atoms with Gasteiger partial charge in [0.15, 0.2) is 0 Å². The second-order valence-electron chi connectivity index (χ2n) is 8.30. The predicted octanol–water partition coefficient (Wildman–Crippen LogP) is 3.68. The van der Waals surface area contributed by atoms with E-state index in [1.807, 2.05) is 0 Å². The van der Waals surface area contributed by atoms with Crippen LogP contribution in [0, 0.1) is 11.3 Å². The standard InChI is InChI=1S/C19H30N2/c1-18(2,3)17-13-21(12-15-8-6-5-7-9-15)19(4,14-20-17)16-10-11-16/h5-9,16-17,20H,10-14H2,1-4H3. The fraction of sp³-hybridized carbons (Fsp3) is 0.684. The highest BCUT2D eigenvalue weighted by Crippen LogP contribution is 2.45. The molecule has 21 heavy (non-hydrogen) atoms. The van der Waals surface area contributed by atoms with Gasteiger partial charge in [-0.1, -0.05) is 51.1 Å². The van der Waals surface area contributed by atoms with Crippen LogP contribution >= 0.6 is 0 Å². The van der Waals surface area contributed by atoms with Crippen LogP contribution in [0.25, 0.3) is 0 Å². The zero-order chi connectivity index (χ0) is 15.1. The highest BCUT2D eigenvalue weighted by molar-refractivity contribution is 5.16. The van der Waals surface area contributed by atoms with Gasteiger partial charge in [-0.15, -0.1) is 0 Å². The van der Waals surface area contributed by atoms with E-state index in [1.165, 1.54) is 18.4 Å². The minimum Gasteiger partial charge on any atom is -0.310 e. The van der Waals surface area contributed by atoms with E-state index in [1.54, 1.807) is 0 Å². The first-order valence-corrected chi connectivity index (χ1v) is 8.42. The number of nitrogens with one attached hydrogen (secondary N) is 1. The third-order valence-electron chi connectivity index (χ3n) is 5.55. The van der Waals surface area contributed by atoms with E-state index in [4.69, 9.17) is 0 Å². The van der Waals surface area contributed by atoms with Crippen molar-refractivity contribution in [3.05, 3.63) is 35.9 Å². The number of hydrogen-bond acceptors (Lipinski definition) is 2. The third-order valence-corrected chi connectivity index (χ3v) is 5.55. The molecule has 1 aliphatic carbocycles. The molecule has 0 amide bonds. The summed E-state index contributed by atoms with van der Waals surface area (Å²) in [5.74, 6) is 0.884. The zero-order valence-electron chi connectivity index (χ0n) is 14.0. The maximum atomic E-state index is 3.85. The summed E-state index contributed by atoms with van der Waals surface area (Å²) in [6.07, 6.45) is 2.81. The van der Waals surface area contributed by atoms with Crippen molar-refractivity contribution in [2.24, 2.45) is 11.3 Å². The Kier molecular flexibility index (Phi) is 3.87. The monoisotopic (exact) mass is 286 g/mol. The van der Waals surface area contributed by atoms with Gasteiger partial charge in [-0.25, -0.2) is 0 Å². The quantitative estimate of drug-likeness (QED) is 0.912. The van der Waals surface area contributed by atoms with Crippen molar-refractivity contribution in [3.63, 3.8) is 0 Å². The van der Waals surface area contributed by atoms with Crippen molar-refractivity contribution >= 4 is 0 Å². The molecule has 2 unspecified atom stereocenters. The first kappa shape index (κ1) is 15.1. The van der Waals surface area contributed by atoms with Gasteiger partial charge in [0.25, 0.3) is 0 Å². The smallest absolute Gasteiger partial charge is 0.0338 e. The van der Waals surface area contributed by atoms with Gasteiger partial charge in [-0.2, -0.15) is 0 Å². The van der Waals surface area contributed by atoms with Gasteiger partial charge in [0.1, 0.15) is 0 Å². The van der Waals surface area contributed by atoms with Crippen molar-refractivity contribution in [3.8, 4) is 0 Å². The lowest BCUT2D eigenvalue weighted by atomic mass is 9.80. The fourth-order valence-corrected chi connectivity index (χ4v) is 3.67. The van der Waals surface area contributed by atoms with Crippen LogP contribution in [0.2, 0.25) is 0 Å². The van der Waals surface area contributed by atoms with E-state index in [9.17, 15) is 0 Å². The third kappa shape index (κ3) is 3.17. The molecule has 2 heteroatoms. The van der Waals surface area contributed by atoms with Crippen LogP contribution in [0.5, 0.6) is 0 Å². The van der Waals surface area contributed by atoms with E-state index in [2.05, 4.69) is 68.2 Å². The molecule has 1 aromatic rings. The van der Waals surface area contributed by atoms with Crippen molar-refractivity contribution in [1.82, 2.24) is 10.2 Å². The molecule has 1 aliphatic heterocycles. The predicted molar refractivity (Wildman–Crippen MR) is 89.2 cm³/mol. The Bertz CT molecular complexity index is 472. The Morgan fingerprint density at radius 1 is 1.19 bits per heavy atom. The van der Waals surface area contributed by atoms with E-state index in [0.717, 1.165) is 25.6 Å². The summed E-state index contributed by atoms with van der Waals surface area (Å²) in [5, 5.41) is 3.85. The molecule has 1 aromatic carbocycles. The van der Waals surface area contributed by atoms with Crippen LogP contribution in [-0.2, 0) is 6.54 Å². The van der Waals surface area contributed by atoms with Gasteiger partial charge in [-0.3, -0.25) is 4.90 Å². The summed E-state index contributed by atoms with van der Waals surface area (Å²) in [5.41, 5.74) is 2.09. The second-order valence-corrected chi connectivity index (χ2v) is 8.30. The highest BCUT2D eigenvalue weighted by atomic mass is 15.3. The Morgan fingerprint density at radius 3 is 2.43 bits per heavy atom. The SMILES string of the molecule is CC(C)(C)C1CN(Cc2ccccc2)C(C)(C2CC2)CN1. The summed E-state index contributed by atoms with van der Waals surface area (Å²) < 4.78 is 0. The average molecular weight is 286 g/mol. The molecular weight excluding hydrogens is 256 g/mol. The van der Waals surface area contributed by atoms with Crippen LogP contribution in [0.1, 0.15) is 46.1 Å². The van der Waals surface area contributed by atoms with Crippen molar-refractivity contribution in [1.29, 1.82) is 0 Å². The largest absolute Gasteiger partial charge is 0.310 e. The van der Waals surface area contributed by atoms with Crippen LogP contribution < -0.4 is 5.32 Å². The first-order chi connectivity index (χ1) is 9.89. The van der Waals surface area contributed by atoms with Gasteiger partial charge >= 0.3 is 0 Å². The van der Waals surface area contributed by atoms with Gasteiger partial charge < -0.3 is 5.32 Å². The molecule has 1 N–H and O–H groups in total. The van der Waals surface area contributed by atoms with Gasteiger partial charge in [0.05, 0.1) is 0 Å². The van der Waals surface area contributed by atoms with E-state index in [-0.39, 0.29) is 0 Å². The van der Waals surface area contributed by atoms with Crippen molar-refractivity contribution < 1.29 is 0 Å². The summed E-state index contributed by atoms with van der Waals surface area (Å²) in [6.45, 7) is 12.9. The molecule has 116 valence electrons. The lowest BCUT2D eigenvalue weighted by Gasteiger charge is -2.51. The van der Waals surface area contributed by atoms with Crippen LogP contribution in [0.4, 0.5) is 0 Å². The molecule has 2 fully saturated rings. The molecule has 2 nitrogen and oxygen atoms in total. The summed E-state index contributed by atoms with van der Waals surface area (Å²) >= 11 is 0. The number of rotatable bonds is 3. The molecule has 0 bridgehead atoms. The van der Waals surface area contributed by atoms with Crippen molar-refractivity contribution in [2.75, 3.05) is 13.1 Å². The normalized spacial score (nSPS) is 31.3. The number of benzene rings is 1. The highest BCUT2D eigenvalue weighted by Gasteiger charge is 2.49.